The normalized spacial score (nSPS) is 10.1. The lowest BCUT2D eigenvalue weighted by atomic mass is 10.3. The van der Waals surface area contributed by atoms with Gasteiger partial charge in [-0.05, 0) is 12.1 Å². The Balaban J connectivity index is 2.22. The first-order valence-electron chi connectivity index (χ1n) is 4.69. The Bertz CT molecular complexity index is 611. The Morgan fingerprint density at radius 1 is 1.28 bits per heavy atom. The van der Waals surface area contributed by atoms with Crippen molar-refractivity contribution in [2.45, 2.75) is 0 Å². The van der Waals surface area contributed by atoms with Gasteiger partial charge in [-0.1, -0.05) is 6.07 Å². The molecule has 0 unspecified atom stereocenters. The van der Waals surface area contributed by atoms with Gasteiger partial charge in [0.05, 0.1) is 0 Å². The maximum Gasteiger partial charge on any atom is 0.366 e. The third-order valence-electron chi connectivity index (χ3n) is 1.95. The molecule has 8 heteroatoms. The van der Waals surface area contributed by atoms with Crippen molar-refractivity contribution in [2.75, 3.05) is 0 Å². The first kappa shape index (κ1) is 11.7. The number of rotatable bonds is 3. The maximum absolute atomic E-state index is 12.8. The SMILES string of the molecule is O=C(O)c1n[nH]nc1C(=O)Oc1cccc(F)c1. The van der Waals surface area contributed by atoms with Crippen LogP contribution in [0.4, 0.5) is 4.39 Å². The zero-order valence-corrected chi connectivity index (χ0v) is 8.75. The first-order valence-corrected chi connectivity index (χ1v) is 4.69. The van der Waals surface area contributed by atoms with Gasteiger partial charge >= 0.3 is 11.9 Å². The Hall–Kier alpha value is -2.77. The van der Waals surface area contributed by atoms with Crippen LogP contribution in [0, 0.1) is 5.82 Å². The minimum absolute atomic E-state index is 0.0562. The number of aromatic nitrogens is 3. The number of aromatic amines is 1. The second kappa shape index (κ2) is 4.62. The molecule has 0 amide bonds. The lowest BCUT2D eigenvalue weighted by molar-refractivity contribution is 0.0661. The van der Waals surface area contributed by atoms with E-state index in [1.807, 2.05) is 5.21 Å². The van der Waals surface area contributed by atoms with Crippen molar-refractivity contribution < 1.29 is 23.8 Å². The third kappa shape index (κ3) is 2.32. The number of halogens is 1. The summed E-state index contributed by atoms with van der Waals surface area (Å²) in [6, 6.07) is 4.86. The molecule has 92 valence electrons. The number of carboxylic acid groups (broad SMARTS) is 1. The molecule has 0 aliphatic carbocycles. The Morgan fingerprint density at radius 2 is 2.00 bits per heavy atom. The molecule has 0 saturated carbocycles. The van der Waals surface area contributed by atoms with Crippen LogP contribution >= 0.6 is 0 Å². The summed E-state index contributed by atoms with van der Waals surface area (Å²) in [5, 5.41) is 17.4. The number of benzene rings is 1. The van der Waals surface area contributed by atoms with Crippen LogP contribution in [-0.4, -0.2) is 32.5 Å². The van der Waals surface area contributed by atoms with E-state index >= 15 is 0 Å². The highest BCUT2D eigenvalue weighted by molar-refractivity contribution is 6.00. The number of ether oxygens (including phenoxy) is 1. The Morgan fingerprint density at radius 3 is 2.67 bits per heavy atom. The van der Waals surface area contributed by atoms with Crippen molar-refractivity contribution >= 4 is 11.9 Å². The highest BCUT2D eigenvalue weighted by Gasteiger charge is 2.23. The van der Waals surface area contributed by atoms with Crippen LogP contribution in [0.15, 0.2) is 24.3 Å². The number of H-pyrrole nitrogens is 1. The van der Waals surface area contributed by atoms with E-state index in [0.717, 1.165) is 6.07 Å². The molecule has 2 rings (SSSR count). The van der Waals surface area contributed by atoms with Gasteiger partial charge < -0.3 is 9.84 Å². The lowest BCUT2D eigenvalue weighted by Crippen LogP contribution is -2.14. The molecular weight excluding hydrogens is 245 g/mol. The summed E-state index contributed by atoms with van der Waals surface area (Å²) in [6.07, 6.45) is 0. The predicted octanol–water partition coefficient (Wildman–Crippen LogP) is 0.861. The van der Waals surface area contributed by atoms with Crippen molar-refractivity contribution in [3.63, 3.8) is 0 Å². The molecule has 0 atom stereocenters. The summed E-state index contributed by atoms with van der Waals surface area (Å²) in [4.78, 5) is 22.3. The Labute approximate surface area is 99.2 Å². The minimum Gasteiger partial charge on any atom is -0.476 e. The van der Waals surface area contributed by atoms with E-state index in [1.54, 1.807) is 0 Å². The zero-order chi connectivity index (χ0) is 13.1. The van der Waals surface area contributed by atoms with Crippen molar-refractivity contribution in [3.05, 3.63) is 41.5 Å². The molecule has 0 bridgehead atoms. The molecule has 18 heavy (non-hydrogen) atoms. The van der Waals surface area contributed by atoms with Crippen molar-refractivity contribution in [3.8, 4) is 5.75 Å². The fraction of sp³-hybridized carbons (Fsp3) is 0. The summed E-state index contributed by atoms with van der Waals surface area (Å²) in [6.45, 7) is 0. The topological polar surface area (TPSA) is 105 Å². The molecule has 0 saturated heterocycles. The Kier molecular flexibility index (Phi) is 3.00. The molecular formula is C10H6FN3O4. The first-order chi connectivity index (χ1) is 8.58. The number of carboxylic acids is 1. The second-order valence-corrected chi connectivity index (χ2v) is 3.17. The predicted molar refractivity (Wildman–Crippen MR) is 54.7 cm³/mol. The van der Waals surface area contributed by atoms with Gasteiger partial charge in [-0.25, -0.2) is 14.0 Å². The molecule has 2 aromatic rings. The van der Waals surface area contributed by atoms with Crippen molar-refractivity contribution in [2.24, 2.45) is 0 Å². The molecule has 0 aliphatic heterocycles. The smallest absolute Gasteiger partial charge is 0.366 e. The van der Waals surface area contributed by atoms with Crippen LogP contribution in [-0.2, 0) is 0 Å². The molecule has 1 heterocycles. The number of carbonyl (C=O) groups is 2. The number of esters is 1. The van der Waals surface area contributed by atoms with Gasteiger partial charge in [0.25, 0.3) is 0 Å². The average molecular weight is 251 g/mol. The van der Waals surface area contributed by atoms with Crippen LogP contribution in [0.3, 0.4) is 0 Å². The number of nitrogens with zero attached hydrogens (tertiary/aromatic N) is 2. The minimum atomic E-state index is -1.42. The zero-order valence-electron chi connectivity index (χ0n) is 8.75. The summed E-state index contributed by atoms with van der Waals surface area (Å²) < 4.78 is 17.6. The van der Waals surface area contributed by atoms with E-state index in [1.165, 1.54) is 18.2 Å². The fourth-order valence-electron chi connectivity index (χ4n) is 1.21. The summed E-state index contributed by atoms with van der Waals surface area (Å²) in [5.41, 5.74) is -1.04. The number of carbonyl (C=O) groups excluding carboxylic acids is 1. The number of nitrogens with one attached hydrogen (secondary N) is 1. The van der Waals surface area contributed by atoms with E-state index in [9.17, 15) is 14.0 Å². The van der Waals surface area contributed by atoms with Crippen LogP contribution in [0.5, 0.6) is 5.75 Å². The fourth-order valence-corrected chi connectivity index (χ4v) is 1.21. The molecule has 0 aliphatic rings. The van der Waals surface area contributed by atoms with Gasteiger partial charge in [-0.15, -0.1) is 10.2 Å². The average Bonchev–Trinajstić information content (AvgIpc) is 2.77. The third-order valence-corrected chi connectivity index (χ3v) is 1.95. The summed E-state index contributed by atoms with van der Waals surface area (Å²) in [5.74, 6) is -3.10. The van der Waals surface area contributed by atoms with Crippen molar-refractivity contribution in [1.29, 1.82) is 0 Å². The summed E-state index contributed by atoms with van der Waals surface area (Å²) >= 11 is 0. The number of hydrogen-bond donors (Lipinski definition) is 2. The van der Waals surface area contributed by atoms with E-state index in [0.29, 0.717) is 0 Å². The van der Waals surface area contributed by atoms with Crippen LogP contribution in [0.25, 0.3) is 0 Å². The largest absolute Gasteiger partial charge is 0.476 e. The molecule has 1 aromatic heterocycles. The van der Waals surface area contributed by atoms with Crippen molar-refractivity contribution in [1.82, 2.24) is 15.4 Å². The molecule has 2 N–H and O–H groups in total. The lowest BCUT2D eigenvalue weighted by Gasteiger charge is -2.01. The van der Waals surface area contributed by atoms with E-state index in [2.05, 4.69) is 10.2 Å². The van der Waals surface area contributed by atoms with Gasteiger partial charge in [0.2, 0.25) is 11.4 Å². The van der Waals surface area contributed by atoms with Gasteiger partial charge in [-0.2, -0.15) is 5.21 Å². The maximum atomic E-state index is 12.8. The van der Waals surface area contributed by atoms with Gasteiger partial charge in [-0.3, -0.25) is 0 Å². The number of aromatic carboxylic acids is 1. The molecule has 0 radical (unpaired) electrons. The molecule has 0 fully saturated rings. The van der Waals surface area contributed by atoms with Crippen LogP contribution < -0.4 is 4.74 Å². The van der Waals surface area contributed by atoms with Gasteiger partial charge in [0.15, 0.2) is 0 Å². The quantitative estimate of drug-likeness (QED) is 0.619. The standard InChI is InChI=1S/C10H6FN3O4/c11-5-2-1-3-6(4-5)18-10(17)8-7(9(15)16)12-14-13-8/h1-4H,(H,15,16)(H,12,13,14). The monoisotopic (exact) mass is 251 g/mol. The summed E-state index contributed by atoms with van der Waals surface area (Å²) in [7, 11) is 0. The molecule has 0 spiro atoms. The second-order valence-electron chi connectivity index (χ2n) is 3.17. The highest BCUT2D eigenvalue weighted by Crippen LogP contribution is 2.14. The van der Waals surface area contributed by atoms with E-state index in [-0.39, 0.29) is 5.75 Å². The van der Waals surface area contributed by atoms with E-state index < -0.39 is 29.1 Å². The van der Waals surface area contributed by atoms with Gasteiger partial charge in [0.1, 0.15) is 11.6 Å². The number of hydrogen-bond acceptors (Lipinski definition) is 5. The van der Waals surface area contributed by atoms with Gasteiger partial charge in [0, 0.05) is 6.07 Å². The van der Waals surface area contributed by atoms with Crippen LogP contribution in [0.2, 0.25) is 0 Å². The van der Waals surface area contributed by atoms with Crippen LogP contribution in [0.1, 0.15) is 21.0 Å². The molecule has 1 aromatic carbocycles. The van der Waals surface area contributed by atoms with E-state index in [4.69, 9.17) is 9.84 Å². The molecule has 7 nitrogen and oxygen atoms in total. The highest BCUT2D eigenvalue weighted by atomic mass is 19.1.